The van der Waals surface area contributed by atoms with Crippen molar-refractivity contribution in [1.82, 2.24) is 0 Å². The van der Waals surface area contributed by atoms with Gasteiger partial charge < -0.3 is 5.11 Å². The molecule has 0 aromatic carbocycles. The van der Waals surface area contributed by atoms with Crippen molar-refractivity contribution in [3.05, 3.63) is 12.2 Å². The molecule has 1 saturated carbocycles. The van der Waals surface area contributed by atoms with Gasteiger partial charge in [0.25, 0.3) is 0 Å². The van der Waals surface area contributed by atoms with Crippen LogP contribution in [0.3, 0.4) is 0 Å². The average molecular weight is 258 g/mol. The molecule has 0 aromatic heterocycles. The molecule has 3 atom stereocenters. The standard InChI is InChI=1S/C10H12BrNO2/c1-10(4-2-3-8(11)12-10)7-5-6(7)9(13)14/h2-3,6-7H,4-5H2,1H3,(H,13,14)/t6-,7-,10?/m1/s1. The third-order valence-corrected chi connectivity index (χ3v) is 3.50. The van der Waals surface area contributed by atoms with Crippen LogP contribution in [0.15, 0.2) is 17.1 Å². The molecule has 14 heavy (non-hydrogen) atoms. The molecule has 2 rings (SSSR count). The average Bonchev–Trinajstić information content (AvgIpc) is 2.81. The number of dihydropyridines is 1. The minimum Gasteiger partial charge on any atom is -0.481 e. The smallest absolute Gasteiger partial charge is 0.306 e. The summed E-state index contributed by atoms with van der Waals surface area (Å²) in [6.45, 7) is 2.03. The number of hydrogen-bond acceptors (Lipinski definition) is 2. The Morgan fingerprint density at radius 3 is 3.00 bits per heavy atom. The fourth-order valence-electron chi connectivity index (χ4n) is 2.11. The number of rotatable bonds is 2. The number of halogens is 1. The van der Waals surface area contributed by atoms with Gasteiger partial charge in [-0.25, -0.2) is 0 Å². The van der Waals surface area contributed by atoms with Crippen LogP contribution in [0.5, 0.6) is 0 Å². The lowest BCUT2D eigenvalue weighted by Gasteiger charge is -2.26. The van der Waals surface area contributed by atoms with Gasteiger partial charge in [0, 0.05) is 0 Å². The molecule has 0 amide bonds. The molecular weight excluding hydrogens is 246 g/mol. The highest BCUT2D eigenvalue weighted by molar-refractivity contribution is 9.18. The zero-order chi connectivity index (χ0) is 10.3. The Bertz CT molecular complexity index is 337. The molecule has 1 unspecified atom stereocenters. The first-order valence-electron chi connectivity index (χ1n) is 4.67. The van der Waals surface area contributed by atoms with Gasteiger partial charge in [-0.05, 0) is 47.7 Å². The first-order chi connectivity index (χ1) is 6.53. The SMILES string of the molecule is CC1([C@@H]2C[C@H]2C(=O)O)CC=CC(Br)=N1. The van der Waals surface area contributed by atoms with Crippen LogP contribution in [0.4, 0.5) is 0 Å². The second-order valence-corrected chi connectivity index (χ2v) is 5.00. The molecule has 0 spiro atoms. The van der Waals surface area contributed by atoms with Crippen LogP contribution in [-0.2, 0) is 4.79 Å². The highest BCUT2D eigenvalue weighted by Gasteiger charge is 2.54. The summed E-state index contributed by atoms with van der Waals surface area (Å²) in [5, 5.41) is 8.86. The van der Waals surface area contributed by atoms with Gasteiger partial charge >= 0.3 is 5.97 Å². The minimum atomic E-state index is -0.683. The topological polar surface area (TPSA) is 49.7 Å². The van der Waals surface area contributed by atoms with Crippen LogP contribution in [0.1, 0.15) is 19.8 Å². The molecule has 1 aliphatic carbocycles. The van der Waals surface area contributed by atoms with Crippen LogP contribution in [0.25, 0.3) is 0 Å². The molecule has 2 aliphatic rings. The second kappa shape index (κ2) is 3.19. The van der Waals surface area contributed by atoms with Crippen LogP contribution in [0, 0.1) is 11.8 Å². The van der Waals surface area contributed by atoms with E-state index in [0.717, 1.165) is 17.5 Å². The van der Waals surface area contributed by atoms with Crippen LogP contribution >= 0.6 is 15.9 Å². The monoisotopic (exact) mass is 257 g/mol. The zero-order valence-corrected chi connectivity index (χ0v) is 9.49. The van der Waals surface area contributed by atoms with Crippen molar-refractivity contribution in [2.45, 2.75) is 25.3 Å². The molecule has 1 aliphatic heterocycles. The normalized spacial score (nSPS) is 40.6. The predicted octanol–water partition coefficient (Wildman–Crippen LogP) is 2.22. The van der Waals surface area contributed by atoms with Gasteiger partial charge in [0.1, 0.15) is 4.62 Å². The number of aliphatic imine (C=N–C) groups is 1. The van der Waals surface area contributed by atoms with Gasteiger partial charge in [-0.1, -0.05) is 6.08 Å². The van der Waals surface area contributed by atoms with Gasteiger partial charge in [0.2, 0.25) is 0 Å². The van der Waals surface area contributed by atoms with Crippen LogP contribution in [-0.4, -0.2) is 21.2 Å². The Hall–Kier alpha value is -0.640. The summed E-state index contributed by atoms with van der Waals surface area (Å²) in [4.78, 5) is 15.3. The van der Waals surface area contributed by atoms with E-state index in [0.29, 0.717) is 0 Å². The maximum absolute atomic E-state index is 10.8. The van der Waals surface area contributed by atoms with Crippen LogP contribution < -0.4 is 0 Å². The largest absolute Gasteiger partial charge is 0.481 e. The molecule has 0 radical (unpaired) electrons. The summed E-state index contributed by atoms with van der Waals surface area (Å²) in [5.74, 6) is -0.662. The maximum atomic E-state index is 10.8. The van der Waals surface area contributed by atoms with Crippen molar-refractivity contribution in [2.24, 2.45) is 16.8 Å². The molecule has 1 heterocycles. The number of carboxylic acids is 1. The molecule has 0 bridgehead atoms. The van der Waals surface area contributed by atoms with Gasteiger partial charge in [0.05, 0.1) is 11.5 Å². The van der Waals surface area contributed by atoms with E-state index >= 15 is 0 Å². The molecule has 76 valence electrons. The highest BCUT2D eigenvalue weighted by Crippen LogP contribution is 2.50. The van der Waals surface area contributed by atoms with E-state index in [1.807, 2.05) is 19.1 Å². The molecule has 0 aromatic rings. The lowest BCUT2D eigenvalue weighted by molar-refractivity contribution is -0.139. The minimum absolute atomic E-state index is 0.185. The summed E-state index contributed by atoms with van der Waals surface area (Å²) in [6, 6.07) is 0. The van der Waals surface area contributed by atoms with E-state index in [4.69, 9.17) is 5.11 Å². The van der Waals surface area contributed by atoms with E-state index in [2.05, 4.69) is 20.9 Å². The summed E-state index contributed by atoms with van der Waals surface area (Å²) < 4.78 is 0.822. The Labute approximate surface area is 91.0 Å². The van der Waals surface area contributed by atoms with Gasteiger partial charge in [-0.2, -0.15) is 0 Å². The van der Waals surface area contributed by atoms with Gasteiger partial charge in [0.15, 0.2) is 0 Å². The number of nitrogens with zero attached hydrogens (tertiary/aromatic N) is 1. The van der Waals surface area contributed by atoms with E-state index in [1.54, 1.807) is 0 Å². The van der Waals surface area contributed by atoms with Crippen molar-refractivity contribution < 1.29 is 9.90 Å². The summed E-state index contributed by atoms with van der Waals surface area (Å²) >= 11 is 3.33. The van der Waals surface area contributed by atoms with Crippen molar-refractivity contribution in [2.75, 3.05) is 0 Å². The van der Waals surface area contributed by atoms with E-state index < -0.39 is 5.97 Å². The molecule has 4 heteroatoms. The summed E-state index contributed by atoms with van der Waals surface area (Å²) in [7, 11) is 0. The van der Waals surface area contributed by atoms with Crippen molar-refractivity contribution >= 4 is 26.5 Å². The van der Waals surface area contributed by atoms with E-state index in [1.165, 1.54) is 0 Å². The zero-order valence-electron chi connectivity index (χ0n) is 7.90. The Kier molecular flexibility index (Phi) is 2.26. The Balaban J connectivity index is 2.12. The third-order valence-electron chi connectivity index (χ3n) is 3.06. The van der Waals surface area contributed by atoms with Crippen molar-refractivity contribution in [3.63, 3.8) is 0 Å². The van der Waals surface area contributed by atoms with E-state index in [9.17, 15) is 4.79 Å². The number of hydrogen-bond donors (Lipinski definition) is 1. The molecular formula is C10H12BrNO2. The molecule has 3 nitrogen and oxygen atoms in total. The maximum Gasteiger partial charge on any atom is 0.306 e. The number of carboxylic acid groups (broad SMARTS) is 1. The lowest BCUT2D eigenvalue weighted by Crippen LogP contribution is -2.29. The summed E-state index contributed by atoms with van der Waals surface area (Å²) in [6.07, 6.45) is 5.58. The van der Waals surface area contributed by atoms with E-state index in [-0.39, 0.29) is 17.4 Å². The predicted molar refractivity (Wildman–Crippen MR) is 57.8 cm³/mol. The van der Waals surface area contributed by atoms with Gasteiger partial charge in [-0.3, -0.25) is 9.79 Å². The number of allylic oxidation sites excluding steroid dienone is 1. The van der Waals surface area contributed by atoms with Gasteiger partial charge in [-0.15, -0.1) is 0 Å². The second-order valence-electron chi connectivity index (χ2n) is 4.19. The first kappa shape index (κ1) is 9.90. The fourth-order valence-corrected chi connectivity index (χ4v) is 2.70. The first-order valence-corrected chi connectivity index (χ1v) is 5.47. The lowest BCUT2D eigenvalue weighted by atomic mass is 9.89. The summed E-state index contributed by atoms with van der Waals surface area (Å²) in [5.41, 5.74) is -0.212. The van der Waals surface area contributed by atoms with Crippen molar-refractivity contribution in [3.8, 4) is 0 Å². The van der Waals surface area contributed by atoms with Crippen LogP contribution in [0.2, 0.25) is 0 Å². The fraction of sp³-hybridized carbons (Fsp3) is 0.600. The molecule has 1 N–H and O–H groups in total. The number of aliphatic carboxylic acids is 1. The third kappa shape index (κ3) is 1.63. The van der Waals surface area contributed by atoms with Crippen molar-refractivity contribution in [1.29, 1.82) is 0 Å². The number of carbonyl (C=O) groups is 1. The molecule has 1 fully saturated rings. The Morgan fingerprint density at radius 1 is 1.79 bits per heavy atom. The Morgan fingerprint density at radius 2 is 2.50 bits per heavy atom. The highest BCUT2D eigenvalue weighted by atomic mass is 79.9. The quantitative estimate of drug-likeness (QED) is 0.825. The molecule has 0 saturated heterocycles.